The smallest absolute Gasteiger partial charge is 0.440 e. The van der Waals surface area contributed by atoms with Crippen LogP contribution in [0, 0.1) is 0 Å². The van der Waals surface area contributed by atoms with Crippen molar-refractivity contribution in [1.29, 1.82) is 0 Å². The van der Waals surface area contributed by atoms with E-state index in [0.29, 0.717) is 11.3 Å². The molecule has 0 spiro atoms. The van der Waals surface area contributed by atoms with E-state index >= 15 is 0 Å². The topological polar surface area (TPSA) is 56.7 Å². The van der Waals surface area contributed by atoms with Crippen LogP contribution in [0.5, 0.6) is 5.75 Å². The van der Waals surface area contributed by atoms with Gasteiger partial charge in [-0.3, -0.25) is 0 Å². The van der Waals surface area contributed by atoms with E-state index in [1.807, 2.05) is 48.5 Å². The summed E-state index contributed by atoms with van der Waals surface area (Å²) in [6.45, 7) is 0. The molecule has 0 bridgehead atoms. The predicted molar refractivity (Wildman–Crippen MR) is 83.2 cm³/mol. The molecule has 108 valence electrons. The van der Waals surface area contributed by atoms with Crippen LogP contribution in [0.4, 0.5) is 0 Å². The maximum absolute atomic E-state index is 12.1. The zero-order chi connectivity index (χ0) is 15.1. The molecule has 2 aromatic carbocycles. The van der Waals surface area contributed by atoms with Gasteiger partial charge in [-0.25, -0.2) is 4.79 Å². The second-order valence-corrected chi connectivity index (χ2v) is 4.92. The number of aromatic nitrogens is 2. The molecule has 5 nitrogen and oxygen atoms in total. The van der Waals surface area contributed by atoms with Crippen LogP contribution in [0.25, 0.3) is 27.7 Å². The van der Waals surface area contributed by atoms with Gasteiger partial charge in [-0.2, -0.15) is 9.61 Å². The third kappa shape index (κ3) is 1.87. The van der Waals surface area contributed by atoms with E-state index in [2.05, 4.69) is 5.10 Å². The Balaban J connectivity index is 1.98. The summed E-state index contributed by atoms with van der Waals surface area (Å²) in [6.07, 6.45) is 0. The van der Waals surface area contributed by atoms with Gasteiger partial charge in [0.25, 0.3) is 0 Å². The minimum Gasteiger partial charge on any atom is -0.497 e. The van der Waals surface area contributed by atoms with E-state index in [4.69, 9.17) is 9.15 Å². The van der Waals surface area contributed by atoms with Gasteiger partial charge in [-0.05, 0) is 42.5 Å². The van der Waals surface area contributed by atoms with Gasteiger partial charge in [-0.15, -0.1) is 0 Å². The summed E-state index contributed by atoms with van der Waals surface area (Å²) in [6, 6.07) is 16.9. The van der Waals surface area contributed by atoms with Crippen molar-refractivity contribution in [3.05, 3.63) is 65.1 Å². The minimum atomic E-state index is -0.492. The highest BCUT2D eigenvalue weighted by molar-refractivity contribution is 5.93. The summed E-state index contributed by atoms with van der Waals surface area (Å²) in [4.78, 5) is 12.1. The first kappa shape index (κ1) is 12.6. The molecule has 4 aromatic rings. The lowest BCUT2D eigenvalue weighted by molar-refractivity contribution is 0.415. The molecule has 4 rings (SSSR count). The summed E-state index contributed by atoms with van der Waals surface area (Å²) >= 11 is 0. The van der Waals surface area contributed by atoms with E-state index in [1.54, 1.807) is 13.2 Å². The fourth-order valence-electron chi connectivity index (χ4n) is 2.52. The molecule has 0 saturated carbocycles. The number of ether oxygens (including phenoxy) is 1. The van der Waals surface area contributed by atoms with Crippen molar-refractivity contribution >= 4 is 16.5 Å². The van der Waals surface area contributed by atoms with Crippen LogP contribution in [0.2, 0.25) is 0 Å². The summed E-state index contributed by atoms with van der Waals surface area (Å²) < 4.78 is 11.7. The molecule has 0 N–H and O–H groups in total. The second kappa shape index (κ2) is 4.73. The summed E-state index contributed by atoms with van der Waals surface area (Å²) in [5.74, 6) is 0.283. The van der Waals surface area contributed by atoms with Crippen LogP contribution < -0.4 is 10.5 Å². The Kier molecular flexibility index (Phi) is 2.72. The Labute approximate surface area is 125 Å². The maximum atomic E-state index is 12.1. The lowest BCUT2D eigenvalue weighted by Crippen LogP contribution is -2.12. The monoisotopic (exact) mass is 292 g/mol. The highest BCUT2D eigenvalue weighted by Crippen LogP contribution is 2.25. The SMILES string of the molecule is COc1ccc(-c2cc3c4ccccc4oc(=O)n3n2)cc1. The summed E-state index contributed by atoms with van der Waals surface area (Å²) in [7, 11) is 1.62. The molecule has 0 saturated heterocycles. The fourth-order valence-corrected chi connectivity index (χ4v) is 2.52. The van der Waals surface area contributed by atoms with E-state index < -0.39 is 5.76 Å². The Morgan fingerprint density at radius 2 is 1.86 bits per heavy atom. The first-order valence-corrected chi connectivity index (χ1v) is 6.82. The van der Waals surface area contributed by atoms with Gasteiger partial charge >= 0.3 is 5.76 Å². The fraction of sp³-hybridized carbons (Fsp3) is 0.0588. The molecule has 2 aromatic heterocycles. The first-order chi connectivity index (χ1) is 10.8. The van der Waals surface area contributed by atoms with E-state index in [1.165, 1.54) is 4.52 Å². The highest BCUT2D eigenvalue weighted by atomic mass is 16.5. The summed E-state index contributed by atoms with van der Waals surface area (Å²) in [5, 5.41) is 5.21. The number of para-hydroxylation sites is 1. The average molecular weight is 292 g/mol. The number of hydrogen-bond donors (Lipinski definition) is 0. The molecule has 0 unspecified atom stereocenters. The minimum absolute atomic E-state index is 0.492. The first-order valence-electron chi connectivity index (χ1n) is 6.82. The van der Waals surface area contributed by atoms with Gasteiger partial charge in [-0.1, -0.05) is 12.1 Å². The maximum Gasteiger partial charge on any atom is 0.440 e. The third-order valence-electron chi connectivity index (χ3n) is 3.63. The molecule has 0 amide bonds. The lowest BCUT2D eigenvalue weighted by Gasteiger charge is -1.99. The Bertz CT molecular complexity index is 1030. The van der Waals surface area contributed by atoms with Crippen LogP contribution in [-0.2, 0) is 0 Å². The van der Waals surface area contributed by atoms with Crippen LogP contribution >= 0.6 is 0 Å². The normalized spacial score (nSPS) is 11.1. The molecular formula is C17H12N2O3. The van der Waals surface area contributed by atoms with Gasteiger partial charge < -0.3 is 9.15 Å². The molecule has 5 heteroatoms. The Morgan fingerprint density at radius 3 is 2.64 bits per heavy atom. The van der Waals surface area contributed by atoms with Crippen molar-refractivity contribution in [1.82, 2.24) is 9.61 Å². The van der Waals surface area contributed by atoms with Gasteiger partial charge in [0, 0.05) is 10.9 Å². The lowest BCUT2D eigenvalue weighted by atomic mass is 10.1. The molecule has 0 aliphatic carbocycles. The van der Waals surface area contributed by atoms with E-state index in [-0.39, 0.29) is 0 Å². The number of nitrogens with zero attached hydrogens (tertiary/aromatic N) is 2. The largest absolute Gasteiger partial charge is 0.497 e. The number of benzene rings is 2. The van der Waals surface area contributed by atoms with E-state index in [0.717, 1.165) is 22.2 Å². The van der Waals surface area contributed by atoms with Crippen molar-refractivity contribution in [3.63, 3.8) is 0 Å². The molecule has 0 aliphatic rings. The average Bonchev–Trinajstić information content (AvgIpc) is 3.01. The predicted octanol–water partition coefficient (Wildman–Crippen LogP) is 3.12. The van der Waals surface area contributed by atoms with Crippen molar-refractivity contribution in [2.45, 2.75) is 0 Å². The molecule has 22 heavy (non-hydrogen) atoms. The molecule has 0 fully saturated rings. The molecule has 0 radical (unpaired) electrons. The Hall–Kier alpha value is -3.08. The van der Waals surface area contributed by atoms with Crippen molar-refractivity contribution in [3.8, 4) is 17.0 Å². The van der Waals surface area contributed by atoms with Crippen LogP contribution in [0.3, 0.4) is 0 Å². The molecule has 0 aliphatic heterocycles. The standard InChI is InChI=1S/C17H12N2O3/c1-21-12-8-6-11(7-9-12)14-10-15-13-4-2-3-5-16(13)22-17(20)19(15)18-14/h2-10H,1H3. The van der Waals surface area contributed by atoms with Crippen molar-refractivity contribution < 1.29 is 9.15 Å². The van der Waals surface area contributed by atoms with Crippen molar-refractivity contribution in [2.24, 2.45) is 0 Å². The van der Waals surface area contributed by atoms with Crippen LogP contribution in [0.1, 0.15) is 0 Å². The van der Waals surface area contributed by atoms with Gasteiger partial charge in [0.15, 0.2) is 0 Å². The van der Waals surface area contributed by atoms with Crippen molar-refractivity contribution in [2.75, 3.05) is 7.11 Å². The zero-order valence-corrected chi connectivity index (χ0v) is 11.8. The molecule has 2 heterocycles. The molecular weight excluding hydrogens is 280 g/mol. The Morgan fingerprint density at radius 1 is 1.09 bits per heavy atom. The second-order valence-electron chi connectivity index (χ2n) is 4.92. The number of methoxy groups -OCH3 is 1. The van der Waals surface area contributed by atoms with E-state index in [9.17, 15) is 4.79 Å². The van der Waals surface area contributed by atoms with Crippen LogP contribution in [0.15, 0.2) is 63.8 Å². The van der Waals surface area contributed by atoms with Crippen LogP contribution in [-0.4, -0.2) is 16.7 Å². The third-order valence-corrected chi connectivity index (χ3v) is 3.63. The summed E-state index contributed by atoms with van der Waals surface area (Å²) in [5.41, 5.74) is 2.91. The van der Waals surface area contributed by atoms with Gasteiger partial charge in [0.2, 0.25) is 0 Å². The quantitative estimate of drug-likeness (QED) is 0.569. The number of hydrogen-bond acceptors (Lipinski definition) is 4. The number of rotatable bonds is 2. The highest BCUT2D eigenvalue weighted by Gasteiger charge is 2.11. The zero-order valence-electron chi connectivity index (χ0n) is 11.8. The molecule has 0 atom stereocenters. The van der Waals surface area contributed by atoms with Gasteiger partial charge in [0.05, 0.1) is 18.3 Å². The van der Waals surface area contributed by atoms with Gasteiger partial charge in [0.1, 0.15) is 11.3 Å². The number of fused-ring (bicyclic) bond motifs is 3.